The van der Waals surface area contributed by atoms with Crippen molar-refractivity contribution in [3.63, 3.8) is 0 Å². The minimum Gasteiger partial charge on any atom is -0.387 e. The number of hydrogen-bond donors (Lipinski definition) is 1. The summed E-state index contributed by atoms with van der Waals surface area (Å²) >= 11 is 0. The zero-order valence-corrected chi connectivity index (χ0v) is 12.1. The van der Waals surface area contributed by atoms with Crippen molar-refractivity contribution in [1.82, 2.24) is 9.88 Å². The van der Waals surface area contributed by atoms with Gasteiger partial charge in [-0.05, 0) is 38.7 Å². The quantitative estimate of drug-likeness (QED) is 0.910. The van der Waals surface area contributed by atoms with E-state index < -0.39 is 0 Å². The smallest absolute Gasteiger partial charge is 0.257 e. The minimum atomic E-state index is 0.114. The SMILES string of the molecule is CCC1CCCCN1C(=O)c1cnc(C)cc1NC. The average molecular weight is 261 g/mol. The molecule has 1 aromatic rings. The van der Waals surface area contributed by atoms with E-state index in [0.717, 1.165) is 37.2 Å². The topological polar surface area (TPSA) is 45.2 Å². The Bertz CT molecular complexity index is 459. The summed E-state index contributed by atoms with van der Waals surface area (Å²) in [5.74, 6) is 0.114. The summed E-state index contributed by atoms with van der Waals surface area (Å²) in [5.41, 5.74) is 2.48. The number of carbonyl (C=O) groups excluding carboxylic acids is 1. The summed E-state index contributed by atoms with van der Waals surface area (Å²) in [6.07, 6.45) is 6.19. The largest absolute Gasteiger partial charge is 0.387 e. The van der Waals surface area contributed by atoms with Gasteiger partial charge in [-0.1, -0.05) is 6.92 Å². The fourth-order valence-corrected chi connectivity index (χ4v) is 2.78. The molecule has 0 saturated carbocycles. The molecule has 1 saturated heterocycles. The molecule has 0 spiro atoms. The van der Waals surface area contributed by atoms with Gasteiger partial charge in [0.2, 0.25) is 0 Å². The van der Waals surface area contributed by atoms with E-state index >= 15 is 0 Å². The predicted molar refractivity (Wildman–Crippen MR) is 77.5 cm³/mol. The number of nitrogens with zero attached hydrogens (tertiary/aromatic N) is 2. The lowest BCUT2D eigenvalue weighted by atomic mass is 9.99. The van der Waals surface area contributed by atoms with E-state index in [1.807, 2.05) is 24.9 Å². The second-order valence-corrected chi connectivity index (χ2v) is 5.18. The molecule has 0 bridgehead atoms. The van der Waals surface area contributed by atoms with E-state index in [9.17, 15) is 4.79 Å². The second kappa shape index (κ2) is 6.04. The number of aryl methyl sites for hydroxylation is 1. The first kappa shape index (κ1) is 13.8. The molecular formula is C15H23N3O. The summed E-state index contributed by atoms with van der Waals surface area (Å²) in [7, 11) is 1.85. The van der Waals surface area contributed by atoms with Crippen molar-refractivity contribution < 1.29 is 4.79 Å². The normalized spacial score (nSPS) is 19.3. The van der Waals surface area contributed by atoms with Crippen molar-refractivity contribution in [2.45, 2.75) is 45.6 Å². The number of aromatic nitrogens is 1. The Labute approximate surface area is 115 Å². The van der Waals surface area contributed by atoms with Gasteiger partial charge in [-0.25, -0.2) is 0 Å². The minimum absolute atomic E-state index is 0.114. The van der Waals surface area contributed by atoms with Gasteiger partial charge in [0.15, 0.2) is 0 Å². The third kappa shape index (κ3) is 2.88. The zero-order valence-electron chi connectivity index (χ0n) is 12.1. The molecular weight excluding hydrogens is 238 g/mol. The Morgan fingerprint density at radius 2 is 2.32 bits per heavy atom. The van der Waals surface area contributed by atoms with Gasteiger partial charge in [0.1, 0.15) is 0 Å². The maximum absolute atomic E-state index is 12.7. The van der Waals surface area contributed by atoms with Crippen LogP contribution in [0.1, 0.15) is 48.7 Å². The van der Waals surface area contributed by atoms with Crippen LogP contribution in [0.5, 0.6) is 0 Å². The average Bonchev–Trinajstić information content (AvgIpc) is 2.46. The Kier molecular flexibility index (Phi) is 4.40. The van der Waals surface area contributed by atoms with Gasteiger partial charge in [-0.3, -0.25) is 9.78 Å². The standard InChI is InChI=1S/C15H23N3O/c1-4-12-7-5-6-8-18(12)15(19)13-10-17-11(2)9-14(13)16-3/h9-10,12H,4-8H2,1-3H3,(H,16,17). The Morgan fingerprint density at radius 1 is 1.53 bits per heavy atom. The van der Waals surface area contributed by atoms with Crippen molar-refractivity contribution in [2.24, 2.45) is 0 Å². The highest BCUT2D eigenvalue weighted by atomic mass is 16.2. The lowest BCUT2D eigenvalue weighted by molar-refractivity contribution is 0.0608. The van der Waals surface area contributed by atoms with Crippen LogP contribution in [0.25, 0.3) is 0 Å². The highest BCUT2D eigenvalue weighted by Gasteiger charge is 2.27. The molecule has 1 fully saturated rings. The number of piperidine rings is 1. The molecule has 104 valence electrons. The third-order valence-electron chi connectivity index (χ3n) is 3.90. The van der Waals surface area contributed by atoms with E-state index in [0.29, 0.717) is 11.6 Å². The molecule has 0 radical (unpaired) electrons. The first-order valence-corrected chi connectivity index (χ1v) is 7.12. The highest BCUT2D eigenvalue weighted by Crippen LogP contribution is 2.24. The number of amides is 1. The second-order valence-electron chi connectivity index (χ2n) is 5.18. The summed E-state index contributed by atoms with van der Waals surface area (Å²) < 4.78 is 0. The van der Waals surface area contributed by atoms with Crippen LogP contribution in [-0.2, 0) is 0 Å². The van der Waals surface area contributed by atoms with Gasteiger partial charge in [0.05, 0.1) is 11.3 Å². The van der Waals surface area contributed by atoms with Crippen molar-refractivity contribution >= 4 is 11.6 Å². The van der Waals surface area contributed by atoms with Crippen molar-refractivity contribution in [1.29, 1.82) is 0 Å². The molecule has 1 aliphatic rings. The van der Waals surface area contributed by atoms with Gasteiger partial charge in [-0.15, -0.1) is 0 Å². The zero-order chi connectivity index (χ0) is 13.8. The lowest BCUT2D eigenvalue weighted by Crippen LogP contribution is -2.43. The lowest BCUT2D eigenvalue weighted by Gasteiger charge is -2.35. The summed E-state index contributed by atoms with van der Waals surface area (Å²) in [4.78, 5) is 19.0. The molecule has 1 aliphatic heterocycles. The van der Waals surface area contributed by atoms with E-state index in [1.54, 1.807) is 6.20 Å². The van der Waals surface area contributed by atoms with Gasteiger partial charge in [0.25, 0.3) is 5.91 Å². The monoisotopic (exact) mass is 261 g/mol. The maximum atomic E-state index is 12.7. The van der Waals surface area contributed by atoms with Crippen LogP contribution in [0.2, 0.25) is 0 Å². The van der Waals surface area contributed by atoms with Gasteiger partial charge >= 0.3 is 0 Å². The van der Waals surface area contributed by atoms with Gasteiger partial charge in [-0.2, -0.15) is 0 Å². The molecule has 4 heteroatoms. The maximum Gasteiger partial charge on any atom is 0.257 e. The van der Waals surface area contributed by atoms with Crippen LogP contribution >= 0.6 is 0 Å². The number of likely N-dealkylation sites (tertiary alicyclic amines) is 1. The van der Waals surface area contributed by atoms with E-state index in [2.05, 4.69) is 17.2 Å². The molecule has 4 nitrogen and oxygen atoms in total. The summed E-state index contributed by atoms with van der Waals surface area (Å²) in [6, 6.07) is 2.31. The Balaban J connectivity index is 2.27. The van der Waals surface area contributed by atoms with Gasteiger partial charge < -0.3 is 10.2 Å². The van der Waals surface area contributed by atoms with Crippen LogP contribution in [-0.4, -0.2) is 35.4 Å². The van der Waals surface area contributed by atoms with Crippen LogP contribution in [0.4, 0.5) is 5.69 Å². The van der Waals surface area contributed by atoms with E-state index in [4.69, 9.17) is 0 Å². The van der Waals surface area contributed by atoms with Gasteiger partial charge in [0, 0.05) is 31.5 Å². The molecule has 1 amide bonds. The Morgan fingerprint density at radius 3 is 3.00 bits per heavy atom. The number of rotatable bonds is 3. The molecule has 1 N–H and O–H groups in total. The first-order valence-electron chi connectivity index (χ1n) is 7.12. The van der Waals surface area contributed by atoms with Crippen LogP contribution in [0, 0.1) is 6.92 Å². The number of pyridine rings is 1. The van der Waals surface area contributed by atoms with Crippen molar-refractivity contribution in [3.8, 4) is 0 Å². The summed E-state index contributed by atoms with van der Waals surface area (Å²) in [6.45, 7) is 4.96. The molecule has 2 rings (SSSR count). The van der Waals surface area contributed by atoms with Crippen LogP contribution in [0.15, 0.2) is 12.3 Å². The molecule has 2 heterocycles. The Hall–Kier alpha value is -1.58. The molecule has 0 aliphatic carbocycles. The van der Waals surface area contributed by atoms with Crippen LogP contribution < -0.4 is 5.32 Å². The van der Waals surface area contributed by atoms with Crippen molar-refractivity contribution in [2.75, 3.05) is 18.9 Å². The van der Waals surface area contributed by atoms with Crippen LogP contribution in [0.3, 0.4) is 0 Å². The molecule has 1 atom stereocenters. The third-order valence-corrected chi connectivity index (χ3v) is 3.90. The molecule has 1 unspecified atom stereocenters. The fourth-order valence-electron chi connectivity index (χ4n) is 2.78. The number of carbonyl (C=O) groups is 1. The van der Waals surface area contributed by atoms with Crippen molar-refractivity contribution in [3.05, 3.63) is 23.5 Å². The predicted octanol–water partition coefficient (Wildman–Crippen LogP) is 2.84. The van der Waals surface area contributed by atoms with E-state index in [-0.39, 0.29) is 5.91 Å². The molecule has 1 aromatic heterocycles. The number of nitrogens with one attached hydrogen (secondary N) is 1. The summed E-state index contributed by atoms with van der Waals surface area (Å²) in [5, 5.41) is 3.10. The molecule has 19 heavy (non-hydrogen) atoms. The fraction of sp³-hybridized carbons (Fsp3) is 0.600. The number of hydrogen-bond acceptors (Lipinski definition) is 3. The van der Waals surface area contributed by atoms with E-state index in [1.165, 1.54) is 6.42 Å². The molecule has 0 aromatic carbocycles. The highest BCUT2D eigenvalue weighted by molar-refractivity contribution is 5.99. The first-order chi connectivity index (χ1) is 9.17. The number of anilines is 1.